The number of nitrogens with zero attached hydrogens (tertiary/aromatic N) is 3. The number of hydrogen-bond acceptors (Lipinski definition) is 11. The molecule has 0 saturated carbocycles. The number of methoxy groups -OCH3 is 1. The Labute approximate surface area is 222 Å². The molecule has 0 N–H and O–H groups in total. The second-order valence-corrected chi connectivity index (χ2v) is 8.26. The molecule has 38 heavy (non-hydrogen) atoms. The fraction of sp³-hybridized carbons (Fsp3) is 0.667. The van der Waals surface area contributed by atoms with Crippen molar-refractivity contribution in [3.63, 3.8) is 0 Å². The number of rotatable bonds is 20. The van der Waals surface area contributed by atoms with Crippen LogP contribution in [0.2, 0.25) is 0 Å². The van der Waals surface area contributed by atoms with Crippen LogP contribution in [0, 0.1) is 20.2 Å². The van der Waals surface area contributed by atoms with E-state index in [0.717, 1.165) is 24.8 Å². The topological polar surface area (TPSA) is 170 Å². The summed E-state index contributed by atoms with van der Waals surface area (Å²) in [6, 6.07) is 7.36. The molecule has 0 spiro atoms. The number of hydrogen-bond donors (Lipinski definition) is 0. The molecule has 1 aromatic carbocycles. The van der Waals surface area contributed by atoms with Crippen LogP contribution in [-0.2, 0) is 35.2 Å². The summed E-state index contributed by atoms with van der Waals surface area (Å²) in [4.78, 5) is 52.8. The summed E-state index contributed by atoms with van der Waals surface area (Å²) in [6.45, 7) is 6.89. The molecule has 1 unspecified atom stereocenters. The zero-order valence-electron chi connectivity index (χ0n) is 22.4. The molecular weight excluding hydrogens is 506 g/mol. The molecule has 0 heterocycles. The molecule has 1 atom stereocenters. The third-order valence-corrected chi connectivity index (χ3v) is 4.97. The summed E-state index contributed by atoms with van der Waals surface area (Å²) in [6.07, 6.45) is 2.12. The summed E-state index contributed by atoms with van der Waals surface area (Å²) >= 11 is 0. The Bertz CT molecular complexity index is 806. The van der Waals surface area contributed by atoms with Gasteiger partial charge in [0, 0.05) is 19.6 Å². The van der Waals surface area contributed by atoms with E-state index in [2.05, 4.69) is 9.68 Å². The number of carbonyl (C=O) groups excluding carboxylic acids is 2. The molecule has 0 aliphatic carbocycles. The van der Waals surface area contributed by atoms with Crippen LogP contribution in [0.25, 0.3) is 0 Å². The highest BCUT2D eigenvalue weighted by molar-refractivity contribution is 5.76. The fourth-order valence-electron chi connectivity index (χ4n) is 2.98. The van der Waals surface area contributed by atoms with Gasteiger partial charge in [0.05, 0.1) is 26.4 Å². The van der Waals surface area contributed by atoms with E-state index in [9.17, 15) is 29.8 Å². The average Bonchev–Trinajstić information content (AvgIpc) is 2.87. The molecule has 0 bridgehead atoms. The first kappa shape index (κ1) is 34.3. The largest absolute Gasteiger partial charge is 0.490 e. The van der Waals surface area contributed by atoms with Crippen LogP contribution in [0.5, 0.6) is 5.75 Å². The Morgan fingerprint density at radius 3 is 2.13 bits per heavy atom. The van der Waals surface area contributed by atoms with Gasteiger partial charge in [0.2, 0.25) is 5.91 Å². The van der Waals surface area contributed by atoms with Gasteiger partial charge in [0.1, 0.15) is 12.4 Å². The quantitative estimate of drug-likeness (QED) is 0.102. The molecule has 1 amide bonds. The maximum atomic E-state index is 12.5. The SMILES string of the molecule is CCCCO[N+](=O)[O-].COCCc1ccc(OCC(CN(C(=O)CCCO[N+](=O)[O-])C(C)C)OC=O)cc1. The van der Waals surface area contributed by atoms with Crippen molar-refractivity contribution in [3.8, 4) is 5.75 Å². The van der Waals surface area contributed by atoms with Gasteiger partial charge in [-0.25, -0.2) is 0 Å². The van der Waals surface area contributed by atoms with Gasteiger partial charge in [-0.2, -0.15) is 0 Å². The van der Waals surface area contributed by atoms with Crippen LogP contribution in [0.15, 0.2) is 24.3 Å². The second kappa shape index (κ2) is 21.4. The minimum absolute atomic E-state index is 0.0804. The van der Waals surface area contributed by atoms with E-state index in [1.807, 2.05) is 45.0 Å². The third kappa shape index (κ3) is 17.7. The fourth-order valence-corrected chi connectivity index (χ4v) is 2.98. The lowest BCUT2D eigenvalue weighted by Gasteiger charge is -2.30. The van der Waals surface area contributed by atoms with Crippen molar-refractivity contribution in [3.05, 3.63) is 50.1 Å². The zero-order valence-corrected chi connectivity index (χ0v) is 22.4. The van der Waals surface area contributed by atoms with E-state index < -0.39 is 16.3 Å². The van der Waals surface area contributed by atoms with Crippen molar-refractivity contribution in [2.24, 2.45) is 0 Å². The number of amides is 1. The van der Waals surface area contributed by atoms with Crippen LogP contribution < -0.4 is 4.74 Å². The summed E-state index contributed by atoms with van der Waals surface area (Å²) in [5, 5.41) is 18.0. The molecule has 0 aliphatic rings. The first-order valence-corrected chi connectivity index (χ1v) is 12.3. The number of ether oxygens (including phenoxy) is 3. The molecule has 0 radical (unpaired) electrons. The lowest BCUT2D eigenvalue weighted by atomic mass is 10.1. The lowest BCUT2D eigenvalue weighted by Crippen LogP contribution is -2.44. The standard InChI is InChI=1S/C20H30N2O8.C4H9NO3/c1-16(2)21(20(24)5-4-11-30-22(25)26)13-19(29-15-23)14-28-18-8-6-17(7-9-18)10-12-27-3;1-2-3-4-8-5(6)7/h6-9,15-16,19H,4-5,10-14H2,1-3H3;2-4H2,1H3. The molecule has 0 aromatic heterocycles. The van der Waals surface area contributed by atoms with Crippen molar-refractivity contribution in [1.29, 1.82) is 0 Å². The molecule has 14 nitrogen and oxygen atoms in total. The van der Waals surface area contributed by atoms with Crippen molar-refractivity contribution in [2.45, 2.75) is 65.0 Å². The highest BCUT2D eigenvalue weighted by atomic mass is 17.0. The molecule has 0 saturated heterocycles. The van der Waals surface area contributed by atoms with Gasteiger partial charge in [-0.05, 0) is 50.8 Å². The average molecular weight is 546 g/mol. The van der Waals surface area contributed by atoms with Gasteiger partial charge in [0.15, 0.2) is 6.10 Å². The molecule has 1 rings (SSSR count). The van der Waals surface area contributed by atoms with Crippen LogP contribution in [0.1, 0.15) is 52.0 Å². The second-order valence-electron chi connectivity index (χ2n) is 8.26. The van der Waals surface area contributed by atoms with E-state index in [1.165, 1.54) is 0 Å². The van der Waals surface area contributed by atoms with Crippen LogP contribution in [-0.4, -0.2) is 79.7 Å². The van der Waals surface area contributed by atoms with Crippen molar-refractivity contribution >= 4 is 12.4 Å². The minimum atomic E-state index is -0.889. The molecule has 0 aliphatic heterocycles. The minimum Gasteiger partial charge on any atom is -0.490 e. The Morgan fingerprint density at radius 1 is 1.03 bits per heavy atom. The summed E-state index contributed by atoms with van der Waals surface area (Å²) in [5.74, 6) is 0.411. The predicted molar refractivity (Wildman–Crippen MR) is 135 cm³/mol. The Morgan fingerprint density at radius 2 is 1.63 bits per heavy atom. The van der Waals surface area contributed by atoms with Crippen LogP contribution >= 0.6 is 0 Å². The Hall–Kier alpha value is -3.68. The highest BCUT2D eigenvalue weighted by Crippen LogP contribution is 2.14. The Kier molecular flexibility index (Phi) is 19.3. The van der Waals surface area contributed by atoms with Gasteiger partial charge in [-0.3, -0.25) is 9.59 Å². The molecule has 0 fully saturated rings. The molecule has 216 valence electrons. The van der Waals surface area contributed by atoms with Gasteiger partial charge < -0.3 is 28.8 Å². The maximum absolute atomic E-state index is 12.5. The number of benzene rings is 1. The first-order valence-electron chi connectivity index (χ1n) is 12.3. The van der Waals surface area contributed by atoms with Gasteiger partial charge in [-0.15, -0.1) is 20.2 Å². The molecule has 1 aromatic rings. The van der Waals surface area contributed by atoms with E-state index >= 15 is 0 Å². The molecule has 14 heteroatoms. The van der Waals surface area contributed by atoms with E-state index in [-0.39, 0.29) is 51.2 Å². The smallest absolute Gasteiger partial charge is 0.294 e. The predicted octanol–water partition coefficient (Wildman–Crippen LogP) is 3.02. The summed E-state index contributed by atoms with van der Waals surface area (Å²) < 4.78 is 15.9. The maximum Gasteiger partial charge on any atom is 0.294 e. The lowest BCUT2D eigenvalue weighted by molar-refractivity contribution is -0.757. The normalized spacial score (nSPS) is 11.0. The summed E-state index contributed by atoms with van der Waals surface area (Å²) in [7, 11) is 1.65. The van der Waals surface area contributed by atoms with Crippen molar-refractivity contribution in [2.75, 3.05) is 40.1 Å². The summed E-state index contributed by atoms with van der Waals surface area (Å²) in [5.41, 5.74) is 1.11. The molecular formula is C24H39N3O11. The van der Waals surface area contributed by atoms with Gasteiger partial charge >= 0.3 is 0 Å². The van der Waals surface area contributed by atoms with Gasteiger partial charge in [-0.1, -0.05) is 25.5 Å². The van der Waals surface area contributed by atoms with E-state index in [0.29, 0.717) is 18.8 Å². The Balaban J connectivity index is 0.00000147. The van der Waals surface area contributed by atoms with Crippen LogP contribution in [0.4, 0.5) is 0 Å². The first-order chi connectivity index (χ1) is 18.1. The van der Waals surface area contributed by atoms with Crippen molar-refractivity contribution < 1.29 is 43.6 Å². The zero-order chi connectivity index (χ0) is 28.8. The van der Waals surface area contributed by atoms with E-state index in [1.54, 1.807) is 12.0 Å². The number of unbranched alkanes of at least 4 members (excludes halogenated alkanes) is 1. The third-order valence-electron chi connectivity index (χ3n) is 4.97. The van der Waals surface area contributed by atoms with Crippen molar-refractivity contribution in [1.82, 2.24) is 4.90 Å². The van der Waals surface area contributed by atoms with Gasteiger partial charge in [0.25, 0.3) is 16.6 Å². The monoisotopic (exact) mass is 545 g/mol. The van der Waals surface area contributed by atoms with E-state index in [4.69, 9.17) is 14.2 Å². The number of carbonyl (C=O) groups is 2. The highest BCUT2D eigenvalue weighted by Gasteiger charge is 2.23. The van der Waals surface area contributed by atoms with Crippen LogP contribution in [0.3, 0.4) is 0 Å².